The maximum Gasteiger partial charge on any atom is 0.325 e. The van der Waals surface area contributed by atoms with Gasteiger partial charge in [-0.05, 0) is 30.7 Å². The smallest absolute Gasteiger partial charge is 0.325 e. The number of carbonyl (C=O) groups excluding carboxylic acids is 1. The number of unbranched alkanes of at least 4 members (excludes halogenated alkanes) is 1. The molecule has 0 amide bonds. The minimum atomic E-state index is -0.198. The highest BCUT2D eigenvalue weighted by Crippen LogP contribution is 2.20. The molecule has 0 fully saturated rings. The number of halogens is 1. The fourth-order valence-corrected chi connectivity index (χ4v) is 2.00. The Labute approximate surface area is 111 Å². The number of ether oxygens (including phenoxy) is 1. The van der Waals surface area contributed by atoms with E-state index in [1.54, 1.807) is 0 Å². The third kappa shape index (κ3) is 3.05. The molecular formula is C14H16ClNO2. The Balaban J connectivity index is 2.05. The maximum absolute atomic E-state index is 11.6. The van der Waals surface area contributed by atoms with Crippen LogP contribution in [0.15, 0.2) is 30.5 Å². The summed E-state index contributed by atoms with van der Waals surface area (Å²) in [5.41, 5.74) is 0.992. The lowest BCUT2D eigenvalue weighted by Crippen LogP contribution is -2.13. The molecule has 0 aliphatic rings. The molecule has 0 atom stereocenters. The minimum absolute atomic E-state index is 0.198. The first-order valence-electron chi connectivity index (χ1n) is 6.10. The second-order valence-corrected chi connectivity index (χ2v) is 4.66. The Morgan fingerprint density at radius 3 is 3.00 bits per heavy atom. The van der Waals surface area contributed by atoms with E-state index in [-0.39, 0.29) is 12.5 Å². The monoisotopic (exact) mass is 265 g/mol. The van der Waals surface area contributed by atoms with Gasteiger partial charge in [0.05, 0.1) is 6.61 Å². The standard InChI is InChI=1S/C14H16ClNO2/c1-2-3-8-18-14(17)10-16-7-6-11-9-12(15)4-5-13(11)16/h4-7,9H,2-3,8,10H2,1H3. The highest BCUT2D eigenvalue weighted by molar-refractivity contribution is 6.31. The van der Waals surface area contributed by atoms with E-state index in [1.807, 2.05) is 35.0 Å². The van der Waals surface area contributed by atoms with Crippen molar-refractivity contribution in [1.82, 2.24) is 4.57 Å². The molecule has 1 heterocycles. The average Bonchev–Trinajstić information content (AvgIpc) is 2.72. The van der Waals surface area contributed by atoms with Crippen LogP contribution in [0, 0.1) is 0 Å². The third-order valence-corrected chi connectivity index (χ3v) is 3.03. The third-order valence-electron chi connectivity index (χ3n) is 2.79. The average molecular weight is 266 g/mol. The molecule has 0 saturated heterocycles. The molecule has 1 aromatic carbocycles. The largest absolute Gasteiger partial charge is 0.464 e. The van der Waals surface area contributed by atoms with Crippen LogP contribution in [0.2, 0.25) is 5.02 Å². The van der Waals surface area contributed by atoms with Crippen molar-refractivity contribution in [3.05, 3.63) is 35.5 Å². The molecule has 2 aromatic rings. The van der Waals surface area contributed by atoms with Crippen molar-refractivity contribution in [3.63, 3.8) is 0 Å². The first-order valence-corrected chi connectivity index (χ1v) is 6.48. The predicted molar refractivity (Wildman–Crippen MR) is 72.8 cm³/mol. The van der Waals surface area contributed by atoms with Crippen molar-refractivity contribution in [2.45, 2.75) is 26.3 Å². The molecule has 0 aliphatic carbocycles. The summed E-state index contributed by atoms with van der Waals surface area (Å²) >= 11 is 5.92. The van der Waals surface area contributed by atoms with Crippen molar-refractivity contribution in [3.8, 4) is 0 Å². The predicted octanol–water partition coefficient (Wildman–Crippen LogP) is 3.64. The van der Waals surface area contributed by atoms with E-state index in [4.69, 9.17) is 16.3 Å². The molecule has 0 aliphatic heterocycles. The van der Waals surface area contributed by atoms with Gasteiger partial charge in [0.15, 0.2) is 0 Å². The Bertz CT molecular complexity index is 548. The molecule has 18 heavy (non-hydrogen) atoms. The Hall–Kier alpha value is -1.48. The number of fused-ring (bicyclic) bond motifs is 1. The van der Waals surface area contributed by atoms with Gasteiger partial charge in [-0.1, -0.05) is 24.9 Å². The van der Waals surface area contributed by atoms with Crippen molar-refractivity contribution in [2.24, 2.45) is 0 Å². The van der Waals surface area contributed by atoms with E-state index >= 15 is 0 Å². The zero-order chi connectivity index (χ0) is 13.0. The van der Waals surface area contributed by atoms with E-state index in [9.17, 15) is 4.79 Å². The van der Waals surface area contributed by atoms with Crippen molar-refractivity contribution >= 4 is 28.5 Å². The van der Waals surface area contributed by atoms with E-state index in [1.165, 1.54) is 0 Å². The van der Waals surface area contributed by atoms with Gasteiger partial charge in [-0.3, -0.25) is 4.79 Å². The molecule has 4 heteroatoms. The number of hydrogen-bond acceptors (Lipinski definition) is 2. The fraction of sp³-hybridized carbons (Fsp3) is 0.357. The van der Waals surface area contributed by atoms with E-state index in [2.05, 4.69) is 6.92 Å². The van der Waals surface area contributed by atoms with Crippen molar-refractivity contribution in [2.75, 3.05) is 6.61 Å². The molecule has 3 nitrogen and oxygen atoms in total. The summed E-state index contributed by atoms with van der Waals surface area (Å²) in [6.07, 6.45) is 3.81. The number of nitrogens with zero attached hydrogens (tertiary/aromatic N) is 1. The van der Waals surface area contributed by atoms with Gasteiger partial charge >= 0.3 is 5.97 Å². The summed E-state index contributed by atoms with van der Waals surface area (Å²) in [5.74, 6) is -0.198. The van der Waals surface area contributed by atoms with Crippen LogP contribution in [0.25, 0.3) is 10.9 Å². The van der Waals surface area contributed by atoms with Crippen LogP contribution < -0.4 is 0 Å². The van der Waals surface area contributed by atoms with Gasteiger partial charge in [-0.25, -0.2) is 0 Å². The number of aromatic nitrogens is 1. The fourth-order valence-electron chi connectivity index (χ4n) is 1.82. The van der Waals surface area contributed by atoms with Crippen molar-refractivity contribution < 1.29 is 9.53 Å². The highest BCUT2D eigenvalue weighted by Gasteiger charge is 2.07. The molecule has 0 N–H and O–H groups in total. The van der Waals surface area contributed by atoms with E-state index in [0.717, 1.165) is 23.7 Å². The van der Waals surface area contributed by atoms with Crippen LogP contribution in [0.3, 0.4) is 0 Å². The summed E-state index contributed by atoms with van der Waals surface area (Å²) in [6.45, 7) is 2.81. The van der Waals surface area contributed by atoms with Gasteiger partial charge in [0.1, 0.15) is 6.54 Å². The maximum atomic E-state index is 11.6. The van der Waals surface area contributed by atoms with Crippen molar-refractivity contribution in [1.29, 1.82) is 0 Å². The van der Waals surface area contributed by atoms with E-state index in [0.29, 0.717) is 11.6 Å². The summed E-state index contributed by atoms with van der Waals surface area (Å²) in [7, 11) is 0. The van der Waals surface area contributed by atoms with E-state index < -0.39 is 0 Å². The minimum Gasteiger partial charge on any atom is -0.464 e. The second kappa shape index (κ2) is 5.91. The lowest BCUT2D eigenvalue weighted by Gasteiger charge is -2.06. The van der Waals surface area contributed by atoms with Crippen LogP contribution in [0.1, 0.15) is 19.8 Å². The highest BCUT2D eigenvalue weighted by atomic mass is 35.5. The summed E-state index contributed by atoms with van der Waals surface area (Å²) < 4.78 is 7.02. The number of benzene rings is 1. The van der Waals surface area contributed by atoms with Crippen LogP contribution in [0.5, 0.6) is 0 Å². The first kappa shape index (κ1) is 13.0. The number of hydrogen-bond donors (Lipinski definition) is 0. The molecule has 96 valence electrons. The summed E-state index contributed by atoms with van der Waals surface area (Å²) in [5, 5.41) is 1.73. The lowest BCUT2D eigenvalue weighted by atomic mass is 10.2. The number of carbonyl (C=O) groups is 1. The number of esters is 1. The van der Waals surface area contributed by atoms with Gasteiger partial charge in [0.25, 0.3) is 0 Å². The SMILES string of the molecule is CCCCOC(=O)Cn1ccc2cc(Cl)ccc21. The van der Waals surface area contributed by atoms with Gasteiger partial charge in [-0.2, -0.15) is 0 Å². The van der Waals surface area contributed by atoms with Crippen LogP contribution in [-0.4, -0.2) is 17.1 Å². The van der Waals surface area contributed by atoms with Gasteiger partial charge in [0.2, 0.25) is 0 Å². The second-order valence-electron chi connectivity index (χ2n) is 4.22. The molecule has 0 spiro atoms. The molecule has 0 unspecified atom stereocenters. The quantitative estimate of drug-likeness (QED) is 0.611. The summed E-state index contributed by atoms with van der Waals surface area (Å²) in [4.78, 5) is 11.6. The topological polar surface area (TPSA) is 31.2 Å². The molecule has 0 radical (unpaired) electrons. The molecule has 1 aromatic heterocycles. The molecule has 0 bridgehead atoms. The molecular weight excluding hydrogens is 250 g/mol. The molecule has 0 saturated carbocycles. The zero-order valence-corrected chi connectivity index (χ0v) is 11.1. The van der Waals surface area contributed by atoms with Gasteiger partial charge in [0, 0.05) is 22.1 Å². The zero-order valence-electron chi connectivity index (χ0n) is 10.4. The van der Waals surface area contributed by atoms with Crippen LogP contribution >= 0.6 is 11.6 Å². The van der Waals surface area contributed by atoms with Crippen LogP contribution in [-0.2, 0) is 16.1 Å². The van der Waals surface area contributed by atoms with Gasteiger partial charge in [-0.15, -0.1) is 0 Å². The Morgan fingerprint density at radius 2 is 2.22 bits per heavy atom. The molecule has 2 rings (SSSR count). The Morgan fingerprint density at radius 1 is 1.39 bits per heavy atom. The Kier molecular flexibility index (Phi) is 4.26. The first-order chi connectivity index (χ1) is 8.70. The van der Waals surface area contributed by atoms with Gasteiger partial charge < -0.3 is 9.30 Å². The normalized spacial score (nSPS) is 10.8. The summed E-state index contributed by atoms with van der Waals surface area (Å²) in [6, 6.07) is 7.57. The lowest BCUT2D eigenvalue weighted by molar-refractivity contribution is -0.144. The number of rotatable bonds is 5. The van der Waals surface area contributed by atoms with Crippen LogP contribution in [0.4, 0.5) is 0 Å².